The van der Waals surface area contributed by atoms with Crippen molar-refractivity contribution >= 4 is 17.6 Å². The normalized spacial score (nSPS) is 17.8. The Balaban J connectivity index is 1.92. The number of pyridine rings is 1. The van der Waals surface area contributed by atoms with Gasteiger partial charge in [0.15, 0.2) is 0 Å². The lowest BCUT2D eigenvalue weighted by Gasteiger charge is -2.19. The first kappa shape index (κ1) is 19.4. The summed E-state index contributed by atoms with van der Waals surface area (Å²) in [6, 6.07) is 3.56. The van der Waals surface area contributed by atoms with Gasteiger partial charge in [-0.25, -0.2) is 4.98 Å². The zero-order valence-electron chi connectivity index (χ0n) is 15.4. The largest absolute Gasteiger partial charge is 0.349 e. The van der Waals surface area contributed by atoms with E-state index in [1.54, 1.807) is 18.3 Å². The summed E-state index contributed by atoms with van der Waals surface area (Å²) < 4.78 is 0. The molecule has 0 aliphatic heterocycles. The predicted molar refractivity (Wildman–Crippen MR) is 101 cm³/mol. The molecule has 1 saturated carbocycles. The van der Waals surface area contributed by atoms with Crippen LogP contribution in [0, 0.1) is 0 Å². The molecular formula is C20H31N3O2. The lowest BCUT2D eigenvalue weighted by Crippen LogP contribution is -2.35. The number of anilines is 1. The molecule has 1 aliphatic carbocycles. The molecule has 0 atom stereocenters. The number of amides is 2. The minimum Gasteiger partial charge on any atom is -0.349 e. The lowest BCUT2D eigenvalue weighted by molar-refractivity contribution is -0.114. The molecule has 2 rings (SSSR count). The van der Waals surface area contributed by atoms with E-state index in [0.29, 0.717) is 11.4 Å². The van der Waals surface area contributed by atoms with Crippen LogP contribution in [0.1, 0.15) is 87.9 Å². The summed E-state index contributed by atoms with van der Waals surface area (Å²) in [6.07, 6.45) is 15.2. The molecule has 0 spiro atoms. The number of hydrogen-bond acceptors (Lipinski definition) is 3. The molecule has 138 valence electrons. The van der Waals surface area contributed by atoms with E-state index < -0.39 is 0 Å². The molecule has 1 aromatic rings. The molecule has 1 fully saturated rings. The maximum atomic E-state index is 12.6. The molecule has 0 saturated heterocycles. The first-order valence-corrected chi connectivity index (χ1v) is 9.69. The molecule has 25 heavy (non-hydrogen) atoms. The molecule has 5 heteroatoms. The SMILES string of the molecule is CC(=O)Nc1cc(C(=O)NC2CCCCCCCCCCC2)ccn1. The fourth-order valence-electron chi connectivity index (χ4n) is 3.40. The van der Waals surface area contributed by atoms with Crippen LogP contribution < -0.4 is 10.6 Å². The minimum absolute atomic E-state index is 0.0777. The van der Waals surface area contributed by atoms with Crippen LogP contribution in [-0.4, -0.2) is 22.8 Å². The standard InChI is InChI=1S/C20H31N3O2/c1-16(24)22-19-15-17(13-14-21-19)20(25)23-18-11-9-7-5-3-2-4-6-8-10-12-18/h13-15,18H,2-12H2,1H3,(H,23,25)(H,21,22,24). The number of nitrogens with one attached hydrogen (secondary N) is 2. The van der Waals surface area contributed by atoms with E-state index in [0.717, 1.165) is 12.8 Å². The van der Waals surface area contributed by atoms with Gasteiger partial charge in [-0.15, -0.1) is 0 Å². The maximum absolute atomic E-state index is 12.6. The number of aromatic nitrogens is 1. The summed E-state index contributed by atoms with van der Waals surface area (Å²) in [5.74, 6) is 0.148. The molecule has 0 bridgehead atoms. The van der Waals surface area contributed by atoms with E-state index in [1.807, 2.05) is 0 Å². The summed E-state index contributed by atoms with van der Waals surface area (Å²) in [7, 11) is 0. The Morgan fingerprint density at radius 3 is 2.08 bits per heavy atom. The molecule has 1 aromatic heterocycles. The number of carbonyl (C=O) groups excluding carboxylic acids is 2. The molecular weight excluding hydrogens is 314 g/mol. The molecule has 0 radical (unpaired) electrons. The number of carbonyl (C=O) groups is 2. The van der Waals surface area contributed by atoms with E-state index >= 15 is 0 Å². The van der Waals surface area contributed by atoms with Crippen molar-refractivity contribution in [2.75, 3.05) is 5.32 Å². The summed E-state index contributed by atoms with van der Waals surface area (Å²) in [5.41, 5.74) is 0.546. The Morgan fingerprint density at radius 2 is 1.52 bits per heavy atom. The Bertz CT molecular complexity index is 548. The first-order chi connectivity index (χ1) is 12.1. The Hall–Kier alpha value is -1.91. The third kappa shape index (κ3) is 7.67. The van der Waals surface area contributed by atoms with Gasteiger partial charge in [-0.1, -0.05) is 57.8 Å². The second-order valence-electron chi connectivity index (χ2n) is 7.04. The van der Waals surface area contributed by atoms with Gasteiger partial charge < -0.3 is 10.6 Å². The third-order valence-corrected chi connectivity index (χ3v) is 4.77. The monoisotopic (exact) mass is 345 g/mol. The number of hydrogen-bond donors (Lipinski definition) is 2. The van der Waals surface area contributed by atoms with Crippen molar-refractivity contribution in [3.8, 4) is 0 Å². The average Bonchev–Trinajstić information content (AvgIpc) is 2.57. The fraction of sp³-hybridized carbons (Fsp3) is 0.650. The highest BCUT2D eigenvalue weighted by Crippen LogP contribution is 2.17. The Labute approximate surface area is 151 Å². The van der Waals surface area contributed by atoms with Crippen molar-refractivity contribution in [3.05, 3.63) is 23.9 Å². The lowest BCUT2D eigenvalue weighted by atomic mass is 9.97. The zero-order chi connectivity index (χ0) is 17.9. The van der Waals surface area contributed by atoms with Crippen LogP contribution in [0.2, 0.25) is 0 Å². The van der Waals surface area contributed by atoms with Crippen molar-refractivity contribution in [3.63, 3.8) is 0 Å². The Morgan fingerprint density at radius 1 is 0.960 bits per heavy atom. The summed E-state index contributed by atoms with van der Waals surface area (Å²) in [5, 5.41) is 5.81. The quantitative estimate of drug-likeness (QED) is 0.850. The van der Waals surface area contributed by atoms with E-state index in [4.69, 9.17) is 0 Å². The van der Waals surface area contributed by atoms with Crippen molar-refractivity contribution in [1.82, 2.24) is 10.3 Å². The molecule has 0 aromatic carbocycles. The highest BCUT2D eigenvalue weighted by molar-refractivity contribution is 5.96. The number of nitrogens with zero attached hydrogens (tertiary/aromatic N) is 1. The molecule has 0 unspecified atom stereocenters. The fourth-order valence-corrected chi connectivity index (χ4v) is 3.40. The molecule has 5 nitrogen and oxygen atoms in total. The molecule has 2 amide bonds. The smallest absolute Gasteiger partial charge is 0.251 e. The second-order valence-corrected chi connectivity index (χ2v) is 7.04. The first-order valence-electron chi connectivity index (χ1n) is 9.69. The number of rotatable bonds is 3. The van der Waals surface area contributed by atoms with Crippen LogP contribution in [0.25, 0.3) is 0 Å². The molecule has 2 N–H and O–H groups in total. The van der Waals surface area contributed by atoms with Crippen molar-refractivity contribution in [1.29, 1.82) is 0 Å². The van der Waals surface area contributed by atoms with Gasteiger partial charge in [0, 0.05) is 24.7 Å². The maximum Gasteiger partial charge on any atom is 0.251 e. The highest BCUT2D eigenvalue weighted by Gasteiger charge is 2.15. The van der Waals surface area contributed by atoms with Gasteiger partial charge in [0.05, 0.1) is 0 Å². The van der Waals surface area contributed by atoms with Crippen LogP contribution in [0.4, 0.5) is 5.82 Å². The van der Waals surface area contributed by atoms with E-state index in [9.17, 15) is 9.59 Å². The van der Waals surface area contributed by atoms with Gasteiger partial charge in [0.1, 0.15) is 5.82 Å². The van der Waals surface area contributed by atoms with Crippen molar-refractivity contribution < 1.29 is 9.59 Å². The third-order valence-electron chi connectivity index (χ3n) is 4.77. The van der Waals surface area contributed by atoms with Crippen LogP contribution in [0.5, 0.6) is 0 Å². The van der Waals surface area contributed by atoms with Gasteiger partial charge in [0.2, 0.25) is 5.91 Å². The Kier molecular flexibility index (Phi) is 8.43. The van der Waals surface area contributed by atoms with Crippen LogP contribution in [-0.2, 0) is 4.79 Å². The van der Waals surface area contributed by atoms with Crippen LogP contribution >= 0.6 is 0 Å². The zero-order valence-corrected chi connectivity index (χ0v) is 15.4. The van der Waals surface area contributed by atoms with E-state index in [1.165, 1.54) is 64.7 Å². The van der Waals surface area contributed by atoms with E-state index in [2.05, 4.69) is 15.6 Å². The topological polar surface area (TPSA) is 71.1 Å². The van der Waals surface area contributed by atoms with E-state index in [-0.39, 0.29) is 17.9 Å². The summed E-state index contributed by atoms with van der Waals surface area (Å²) in [4.78, 5) is 27.8. The molecule has 1 heterocycles. The minimum atomic E-state index is -0.190. The second kappa shape index (κ2) is 10.9. The summed E-state index contributed by atoms with van der Waals surface area (Å²) in [6.45, 7) is 1.43. The van der Waals surface area contributed by atoms with Gasteiger partial charge in [-0.2, -0.15) is 0 Å². The van der Waals surface area contributed by atoms with Crippen molar-refractivity contribution in [2.45, 2.75) is 83.6 Å². The average molecular weight is 345 g/mol. The van der Waals surface area contributed by atoms with Crippen LogP contribution in [0.15, 0.2) is 18.3 Å². The van der Waals surface area contributed by atoms with Gasteiger partial charge in [0.25, 0.3) is 5.91 Å². The van der Waals surface area contributed by atoms with Crippen molar-refractivity contribution in [2.24, 2.45) is 0 Å². The predicted octanol–water partition coefficient (Wildman–Crippen LogP) is 4.44. The summed E-state index contributed by atoms with van der Waals surface area (Å²) >= 11 is 0. The highest BCUT2D eigenvalue weighted by atomic mass is 16.2. The van der Waals surface area contributed by atoms with Crippen LogP contribution in [0.3, 0.4) is 0 Å². The van der Waals surface area contributed by atoms with Gasteiger partial charge in [-0.05, 0) is 25.0 Å². The van der Waals surface area contributed by atoms with Gasteiger partial charge >= 0.3 is 0 Å². The van der Waals surface area contributed by atoms with Gasteiger partial charge in [-0.3, -0.25) is 9.59 Å². The molecule has 1 aliphatic rings.